The molecule has 0 saturated heterocycles. The Labute approximate surface area is 123 Å². The van der Waals surface area contributed by atoms with Gasteiger partial charge in [0.25, 0.3) is 5.91 Å². The van der Waals surface area contributed by atoms with Crippen molar-refractivity contribution in [3.8, 4) is 5.75 Å². The van der Waals surface area contributed by atoms with Crippen molar-refractivity contribution in [2.24, 2.45) is 0 Å². The average Bonchev–Trinajstić information content (AvgIpc) is 2.46. The number of amides is 1. The molecule has 1 aromatic rings. The third kappa shape index (κ3) is 3.74. The number of halogens is 1. The molecule has 2 N–H and O–H groups in total. The summed E-state index contributed by atoms with van der Waals surface area (Å²) in [5.74, 6) is 0.561. The minimum absolute atomic E-state index is 0.168. The number of hydrogen-bond acceptors (Lipinski definition) is 3. The number of carbonyl (C=O) groups is 1. The molecule has 1 aliphatic heterocycles. The van der Waals surface area contributed by atoms with Crippen molar-refractivity contribution in [3.05, 3.63) is 34.4 Å². The van der Waals surface area contributed by atoms with E-state index in [1.807, 2.05) is 6.92 Å². The quantitative estimate of drug-likeness (QED) is 0.877. The minimum atomic E-state index is -0.369. The molecule has 20 heavy (non-hydrogen) atoms. The molecule has 1 unspecified atom stereocenters. The molecule has 0 fully saturated rings. The van der Waals surface area contributed by atoms with Gasteiger partial charge in [-0.2, -0.15) is 0 Å². The maximum absolute atomic E-state index is 12.0. The molecule has 0 saturated carbocycles. The van der Waals surface area contributed by atoms with Gasteiger partial charge in [-0.15, -0.1) is 0 Å². The lowest BCUT2D eigenvalue weighted by Crippen LogP contribution is -2.30. The monoisotopic (exact) mass is 295 g/mol. The van der Waals surface area contributed by atoms with Gasteiger partial charge in [-0.25, -0.2) is 0 Å². The molecule has 1 amide bonds. The van der Waals surface area contributed by atoms with Crippen molar-refractivity contribution in [2.45, 2.75) is 25.9 Å². The Morgan fingerprint density at radius 1 is 1.55 bits per heavy atom. The summed E-state index contributed by atoms with van der Waals surface area (Å²) in [5, 5.41) is 12.8. The Morgan fingerprint density at radius 3 is 3.10 bits per heavy atom. The summed E-state index contributed by atoms with van der Waals surface area (Å²) in [6.45, 7) is 2.61. The third-order valence-electron chi connectivity index (χ3n) is 3.21. The highest BCUT2D eigenvalue weighted by atomic mass is 35.5. The molecule has 0 aliphatic carbocycles. The van der Waals surface area contributed by atoms with Crippen LogP contribution in [0.25, 0.3) is 6.08 Å². The van der Waals surface area contributed by atoms with Crippen LogP contribution >= 0.6 is 11.6 Å². The first-order valence-electron chi connectivity index (χ1n) is 6.69. The summed E-state index contributed by atoms with van der Waals surface area (Å²) >= 11 is 5.93. The molecule has 1 aliphatic rings. The fourth-order valence-corrected chi connectivity index (χ4v) is 2.13. The molecule has 108 valence electrons. The van der Waals surface area contributed by atoms with Gasteiger partial charge in [0.05, 0.1) is 11.7 Å². The summed E-state index contributed by atoms with van der Waals surface area (Å²) < 4.78 is 5.52. The zero-order chi connectivity index (χ0) is 14.5. The minimum Gasteiger partial charge on any atom is -0.488 e. The van der Waals surface area contributed by atoms with Crippen LogP contribution in [0.5, 0.6) is 5.75 Å². The van der Waals surface area contributed by atoms with Crippen LogP contribution in [0.15, 0.2) is 23.8 Å². The standard InChI is InChI=1S/C15H18ClNO3/c1-2-13(18)5-6-17-15(19)11-7-10-8-12(16)3-4-14(10)20-9-11/h3-4,7-8,13,18H,2,5-6,9H2,1H3,(H,17,19). The molecule has 0 radical (unpaired) electrons. The largest absolute Gasteiger partial charge is 0.488 e. The van der Waals surface area contributed by atoms with Gasteiger partial charge in [-0.05, 0) is 37.1 Å². The third-order valence-corrected chi connectivity index (χ3v) is 3.45. The number of hydrogen-bond donors (Lipinski definition) is 2. The van der Waals surface area contributed by atoms with Gasteiger partial charge in [0.15, 0.2) is 0 Å². The molecule has 4 nitrogen and oxygen atoms in total. The van der Waals surface area contributed by atoms with Crippen LogP contribution < -0.4 is 10.1 Å². The Balaban J connectivity index is 1.97. The van der Waals surface area contributed by atoms with Crippen LogP contribution in [-0.2, 0) is 4.79 Å². The second-order valence-electron chi connectivity index (χ2n) is 4.75. The molecule has 2 rings (SSSR count). The van der Waals surface area contributed by atoms with E-state index in [0.29, 0.717) is 30.0 Å². The number of aliphatic hydroxyl groups excluding tert-OH is 1. The second kappa shape index (κ2) is 6.77. The van der Waals surface area contributed by atoms with Gasteiger partial charge >= 0.3 is 0 Å². The lowest BCUT2D eigenvalue weighted by molar-refractivity contribution is -0.117. The van der Waals surface area contributed by atoms with E-state index in [9.17, 15) is 9.90 Å². The van der Waals surface area contributed by atoms with E-state index in [0.717, 1.165) is 11.3 Å². The van der Waals surface area contributed by atoms with E-state index in [1.54, 1.807) is 24.3 Å². The van der Waals surface area contributed by atoms with Crippen molar-refractivity contribution < 1.29 is 14.6 Å². The topological polar surface area (TPSA) is 58.6 Å². The van der Waals surface area contributed by atoms with Crippen LogP contribution in [0.3, 0.4) is 0 Å². The lowest BCUT2D eigenvalue weighted by Gasteiger charge is -2.18. The first kappa shape index (κ1) is 14.9. The Morgan fingerprint density at radius 2 is 2.35 bits per heavy atom. The van der Waals surface area contributed by atoms with Crippen molar-refractivity contribution in [1.29, 1.82) is 0 Å². The fourth-order valence-electron chi connectivity index (χ4n) is 1.95. The zero-order valence-electron chi connectivity index (χ0n) is 11.4. The average molecular weight is 296 g/mol. The Hall–Kier alpha value is -1.52. The molecule has 0 aromatic heterocycles. The van der Waals surface area contributed by atoms with Crippen LogP contribution in [0.2, 0.25) is 5.02 Å². The summed E-state index contributed by atoms with van der Waals surface area (Å²) in [4.78, 5) is 12.0. The summed E-state index contributed by atoms with van der Waals surface area (Å²) in [7, 11) is 0. The molecule has 1 atom stereocenters. The van der Waals surface area contributed by atoms with E-state index in [2.05, 4.69) is 5.32 Å². The van der Waals surface area contributed by atoms with Crippen molar-refractivity contribution in [1.82, 2.24) is 5.32 Å². The fraction of sp³-hybridized carbons (Fsp3) is 0.400. The number of rotatable bonds is 5. The number of carbonyl (C=O) groups excluding carboxylic acids is 1. The van der Waals surface area contributed by atoms with Crippen LogP contribution in [0.4, 0.5) is 0 Å². The predicted molar refractivity (Wildman–Crippen MR) is 78.8 cm³/mol. The zero-order valence-corrected chi connectivity index (χ0v) is 12.1. The summed E-state index contributed by atoms with van der Waals surface area (Å²) in [6.07, 6.45) is 2.66. The number of nitrogens with one attached hydrogen (secondary N) is 1. The number of benzene rings is 1. The first-order valence-corrected chi connectivity index (χ1v) is 7.07. The van der Waals surface area contributed by atoms with Gasteiger partial charge in [0, 0.05) is 17.1 Å². The van der Waals surface area contributed by atoms with Gasteiger partial charge in [0.1, 0.15) is 12.4 Å². The normalized spacial score (nSPS) is 14.8. The molecule has 0 bridgehead atoms. The number of fused-ring (bicyclic) bond motifs is 1. The van der Waals surface area contributed by atoms with E-state index in [-0.39, 0.29) is 18.6 Å². The second-order valence-corrected chi connectivity index (χ2v) is 5.18. The molecule has 1 heterocycles. The maximum Gasteiger partial charge on any atom is 0.250 e. The van der Waals surface area contributed by atoms with E-state index >= 15 is 0 Å². The van der Waals surface area contributed by atoms with Crippen LogP contribution in [-0.4, -0.2) is 30.3 Å². The van der Waals surface area contributed by atoms with Gasteiger partial charge in [0.2, 0.25) is 0 Å². The summed E-state index contributed by atoms with van der Waals surface area (Å²) in [5.41, 5.74) is 1.37. The smallest absolute Gasteiger partial charge is 0.250 e. The van der Waals surface area contributed by atoms with Gasteiger partial charge in [-0.3, -0.25) is 4.79 Å². The molecular formula is C15H18ClNO3. The number of aliphatic hydroxyl groups is 1. The van der Waals surface area contributed by atoms with Gasteiger partial charge in [-0.1, -0.05) is 18.5 Å². The van der Waals surface area contributed by atoms with E-state index in [4.69, 9.17) is 16.3 Å². The van der Waals surface area contributed by atoms with Crippen molar-refractivity contribution in [2.75, 3.05) is 13.2 Å². The van der Waals surface area contributed by atoms with E-state index < -0.39 is 0 Å². The van der Waals surface area contributed by atoms with E-state index in [1.165, 1.54) is 0 Å². The Bertz CT molecular complexity index is 528. The molecule has 1 aromatic carbocycles. The highest BCUT2D eigenvalue weighted by Crippen LogP contribution is 2.28. The maximum atomic E-state index is 12.0. The lowest BCUT2D eigenvalue weighted by atomic mass is 10.1. The SMILES string of the molecule is CCC(O)CCNC(=O)C1=Cc2cc(Cl)ccc2OC1. The molecule has 0 spiro atoms. The Kier molecular flexibility index (Phi) is 5.04. The van der Waals surface area contributed by atoms with Gasteiger partial charge < -0.3 is 15.2 Å². The van der Waals surface area contributed by atoms with Crippen LogP contribution in [0, 0.1) is 0 Å². The van der Waals surface area contributed by atoms with Crippen molar-refractivity contribution >= 4 is 23.6 Å². The van der Waals surface area contributed by atoms with Crippen molar-refractivity contribution in [3.63, 3.8) is 0 Å². The molecule has 5 heteroatoms. The summed E-state index contributed by atoms with van der Waals surface area (Å²) in [6, 6.07) is 5.32. The highest BCUT2D eigenvalue weighted by molar-refractivity contribution is 6.30. The van der Waals surface area contributed by atoms with Crippen LogP contribution in [0.1, 0.15) is 25.3 Å². The molecular weight excluding hydrogens is 278 g/mol. The number of ether oxygens (including phenoxy) is 1. The highest BCUT2D eigenvalue weighted by Gasteiger charge is 2.17. The predicted octanol–water partition coefficient (Wildman–Crippen LogP) is 2.39. The first-order chi connectivity index (χ1) is 9.60.